The third-order valence-corrected chi connectivity index (χ3v) is 2.22. The molecule has 0 aromatic rings. The molecular formula is C12H16O2. The average molecular weight is 192 g/mol. The van der Waals surface area contributed by atoms with E-state index >= 15 is 0 Å². The van der Waals surface area contributed by atoms with E-state index < -0.39 is 0 Å². The lowest BCUT2D eigenvalue weighted by Gasteiger charge is -2.04. The van der Waals surface area contributed by atoms with E-state index in [0.717, 1.165) is 37.5 Å². The zero-order valence-corrected chi connectivity index (χ0v) is 8.28. The van der Waals surface area contributed by atoms with Gasteiger partial charge in [-0.2, -0.15) is 0 Å². The molecule has 0 aromatic carbocycles. The van der Waals surface area contributed by atoms with Crippen LogP contribution in [0.2, 0.25) is 0 Å². The highest BCUT2D eigenvalue weighted by atomic mass is 16.2. The predicted molar refractivity (Wildman–Crippen MR) is 56.9 cm³/mol. The molecule has 1 N–H and O–H groups in total. The van der Waals surface area contributed by atoms with Crippen molar-refractivity contribution in [3.8, 4) is 0 Å². The molecule has 0 radical (unpaired) electrons. The third-order valence-electron chi connectivity index (χ3n) is 2.22. The van der Waals surface area contributed by atoms with Crippen LogP contribution in [0.3, 0.4) is 0 Å². The van der Waals surface area contributed by atoms with Crippen molar-refractivity contribution in [1.82, 2.24) is 0 Å². The van der Waals surface area contributed by atoms with Crippen molar-refractivity contribution >= 4 is 6.29 Å². The van der Waals surface area contributed by atoms with Gasteiger partial charge >= 0.3 is 0 Å². The Bertz CT molecular complexity index is 272. The number of carbonyl (C=O) groups excluding carboxylic acids is 1. The zero-order valence-electron chi connectivity index (χ0n) is 8.28. The minimum atomic E-state index is 0.272. The Morgan fingerprint density at radius 2 is 2.21 bits per heavy atom. The number of hydrogen-bond acceptors (Lipinski definition) is 2. The van der Waals surface area contributed by atoms with Crippen molar-refractivity contribution in [3.05, 3.63) is 35.5 Å². The number of allylic oxidation sites excluding steroid dienone is 6. The summed E-state index contributed by atoms with van der Waals surface area (Å²) in [4.78, 5) is 10.4. The summed E-state index contributed by atoms with van der Waals surface area (Å²) >= 11 is 0. The van der Waals surface area contributed by atoms with Crippen LogP contribution in [0.5, 0.6) is 0 Å². The summed E-state index contributed by atoms with van der Waals surface area (Å²) in [5.41, 5.74) is 2.02. The molecule has 1 rings (SSSR count). The molecule has 0 aromatic heterocycles. The van der Waals surface area contributed by atoms with Crippen LogP contribution in [0.4, 0.5) is 0 Å². The summed E-state index contributed by atoms with van der Waals surface area (Å²) in [6.45, 7) is 0.272. The van der Waals surface area contributed by atoms with Crippen molar-refractivity contribution in [2.45, 2.75) is 25.7 Å². The Morgan fingerprint density at radius 3 is 2.79 bits per heavy atom. The smallest absolute Gasteiger partial charge is 0.149 e. The molecular weight excluding hydrogens is 176 g/mol. The first kappa shape index (κ1) is 10.9. The number of aliphatic hydroxyl groups excluding tert-OH is 1. The van der Waals surface area contributed by atoms with E-state index in [0.29, 0.717) is 0 Å². The molecule has 0 saturated heterocycles. The van der Waals surface area contributed by atoms with Crippen LogP contribution in [0.1, 0.15) is 25.7 Å². The highest BCUT2D eigenvalue weighted by Crippen LogP contribution is 2.15. The lowest BCUT2D eigenvalue weighted by molar-refractivity contribution is -0.104. The molecule has 0 aliphatic heterocycles. The Balaban J connectivity index is 2.32. The maximum atomic E-state index is 10.4. The Kier molecular flexibility index (Phi) is 4.94. The second kappa shape index (κ2) is 6.33. The number of aldehydes is 1. The zero-order chi connectivity index (χ0) is 10.2. The van der Waals surface area contributed by atoms with Crippen LogP contribution < -0.4 is 0 Å². The highest BCUT2D eigenvalue weighted by Gasteiger charge is 1.98. The summed E-state index contributed by atoms with van der Waals surface area (Å²) in [6, 6.07) is 0. The van der Waals surface area contributed by atoms with Crippen molar-refractivity contribution in [3.63, 3.8) is 0 Å². The van der Waals surface area contributed by atoms with Gasteiger partial charge in [-0.1, -0.05) is 24.3 Å². The molecule has 0 saturated carbocycles. The molecule has 2 nitrogen and oxygen atoms in total. The molecule has 0 bridgehead atoms. The molecule has 0 heterocycles. The van der Waals surface area contributed by atoms with E-state index in [9.17, 15) is 4.79 Å². The van der Waals surface area contributed by atoms with Gasteiger partial charge in [0.05, 0.1) is 0 Å². The molecule has 0 unspecified atom stereocenters. The van der Waals surface area contributed by atoms with Crippen LogP contribution in [-0.4, -0.2) is 18.0 Å². The van der Waals surface area contributed by atoms with Crippen LogP contribution in [0.25, 0.3) is 0 Å². The summed E-state index contributed by atoms with van der Waals surface area (Å²) in [6.07, 6.45) is 12.6. The number of carbonyl (C=O) groups is 1. The van der Waals surface area contributed by atoms with Gasteiger partial charge in [-0.15, -0.1) is 0 Å². The lowest BCUT2D eigenvalue weighted by atomic mass is 10.0. The van der Waals surface area contributed by atoms with E-state index in [1.807, 2.05) is 18.2 Å². The van der Waals surface area contributed by atoms with Crippen molar-refractivity contribution in [1.29, 1.82) is 0 Å². The van der Waals surface area contributed by atoms with E-state index in [2.05, 4.69) is 6.08 Å². The fraction of sp³-hybridized carbons (Fsp3) is 0.417. The number of rotatable bonds is 5. The Hall–Kier alpha value is -1.15. The third kappa shape index (κ3) is 3.71. The minimum Gasteiger partial charge on any atom is -0.396 e. The van der Waals surface area contributed by atoms with Gasteiger partial charge in [0.2, 0.25) is 0 Å². The average Bonchev–Trinajstić information content (AvgIpc) is 2.25. The van der Waals surface area contributed by atoms with Crippen molar-refractivity contribution < 1.29 is 9.90 Å². The standard InChI is InChI=1S/C12H16O2/c13-9-3-1-2-4-11-5-7-12(10-14)8-6-11/h4-5,7-8,10,13H,1-3,6,9H2. The topological polar surface area (TPSA) is 37.3 Å². The fourth-order valence-corrected chi connectivity index (χ4v) is 1.36. The number of aliphatic hydroxyl groups is 1. The minimum absolute atomic E-state index is 0.272. The molecule has 0 atom stereocenters. The van der Waals surface area contributed by atoms with E-state index in [1.165, 1.54) is 5.57 Å². The molecule has 0 spiro atoms. The van der Waals surface area contributed by atoms with Gasteiger partial charge in [-0.3, -0.25) is 4.79 Å². The van der Waals surface area contributed by atoms with Crippen LogP contribution >= 0.6 is 0 Å². The maximum absolute atomic E-state index is 10.4. The first-order valence-corrected chi connectivity index (χ1v) is 5.00. The molecule has 76 valence electrons. The first-order chi connectivity index (χ1) is 6.86. The molecule has 0 amide bonds. The molecule has 1 aliphatic carbocycles. The molecule has 14 heavy (non-hydrogen) atoms. The van der Waals surface area contributed by atoms with Gasteiger partial charge in [-0.05, 0) is 31.3 Å². The van der Waals surface area contributed by atoms with E-state index in [1.54, 1.807) is 0 Å². The van der Waals surface area contributed by atoms with E-state index in [-0.39, 0.29) is 6.61 Å². The van der Waals surface area contributed by atoms with Gasteiger partial charge in [0.1, 0.15) is 6.29 Å². The molecule has 0 fully saturated rings. The Morgan fingerprint density at radius 1 is 1.36 bits per heavy atom. The first-order valence-electron chi connectivity index (χ1n) is 5.00. The normalized spacial score (nSPS) is 18.4. The lowest BCUT2D eigenvalue weighted by Crippen LogP contribution is -1.89. The highest BCUT2D eigenvalue weighted by molar-refractivity contribution is 5.78. The summed E-state index contributed by atoms with van der Waals surface area (Å²) in [5.74, 6) is 0. The van der Waals surface area contributed by atoms with Crippen LogP contribution in [-0.2, 0) is 4.79 Å². The maximum Gasteiger partial charge on any atom is 0.149 e. The molecule has 1 aliphatic rings. The van der Waals surface area contributed by atoms with E-state index in [4.69, 9.17) is 5.11 Å². The monoisotopic (exact) mass is 192 g/mol. The SMILES string of the molecule is O=CC1=CCC(=CCCCCO)C=C1. The predicted octanol–water partition coefficient (Wildman–Crippen LogP) is 2.16. The molecule has 2 heteroatoms. The second-order valence-corrected chi connectivity index (χ2v) is 3.36. The van der Waals surface area contributed by atoms with Crippen molar-refractivity contribution in [2.24, 2.45) is 0 Å². The van der Waals surface area contributed by atoms with Gasteiger partial charge in [0.15, 0.2) is 0 Å². The quantitative estimate of drug-likeness (QED) is 0.535. The summed E-state index contributed by atoms with van der Waals surface area (Å²) < 4.78 is 0. The second-order valence-electron chi connectivity index (χ2n) is 3.36. The van der Waals surface area contributed by atoms with Gasteiger partial charge in [0, 0.05) is 12.2 Å². The Labute approximate surface area is 84.6 Å². The van der Waals surface area contributed by atoms with Gasteiger partial charge < -0.3 is 5.11 Å². The largest absolute Gasteiger partial charge is 0.396 e. The van der Waals surface area contributed by atoms with Crippen molar-refractivity contribution in [2.75, 3.05) is 6.61 Å². The fourth-order valence-electron chi connectivity index (χ4n) is 1.36. The van der Waals surface area contributed by atoms with Gasteiger partial charge in [-0.25, -0.2) is 0 Å². The summed E-state index contributed by atoms with van der Waals surface area (Å²) in [7, 11) is 0. The van der Waals surface area contributed by atoms with Crippen LogP contribution in [0, 0.1) is 0 Å². The van der Waals surface area contributed by atoms with Crippen LogP contribution in [0.15, 0.2) is 35.5 Å². The number of unbranched alkanes of at least 4 members (excludes halogenated alkanes) is 2. The number of hydrogen-bond donors (Lipinski definition) is 1. The summed E-state index contributed by atoms with van der Waals surface area (Å²) in [5, 5.41) is 8.59. The van der Waals surface area contributed by atoms with Gasteiger partial charge in [0.25, 0.3) is 0 Å².